The van der Waals surface area contributed by atoms with Crippen molar-refractivity contribution in [1.29, 1.82) is 0 Å². The van der Waals surface area contributed by atoms with Crippen LogP contribution in [-0.2, 0) is 4.79 Å². The lowest BCUT2D eigenvalue weighted by molar-refractivity contribution is -0.132. The molecule has 8 heteroatoms. The van der Waals surface area contributed by atoms with Gasteiger partial charge in [0.2, 0.25) is 5.88 Å². The van der Waals surface area contributed by atoms with Gasteiger partial charge in [0.1, 0.15) is 5.82 Å². The number of nitrogens with zero attached hydrogens (tertiary/aromatic N) is 2. The van der Waals surface area contributed by atoms with Gasteiger partial charge in [-0.25, -0.2) is 4.39 Å². The fourth-order valence-corrected chi connectivity index (χ4v) is 4.06. The average molecular weight is 490 g/mol. The Kier molecular flexibility index (Phi) is 6.09. The maximum Gasteiger partial charge on any atom is 0.309 e. The summed E-state index contributed by atoms with van der Waals surface area (Å²) in [5, 5.41) is 8.10. The number of anilines is 1. The molecule has 0 unspecified atom stereocenters. The summed E-state index contributed by atoms with van der Waals surface area (Å²) in [6.45, 7) is 1.33. The lowest BCUT2D eigenvalue weighted by atomic mass is 10.0. The number of ether oxygens (including phenoxy) is 1. The number of nitrogens with one attached hydrogen (secondary N) is 1. The number of halogens is 2. The molecule has 0 saturated heterocycles. The first-order valence-corrected chi connectivity index (χ1v) is 11.5. The molecule has 3 aromatic carbocycles. The summed E-state index contributed by atoms with van der Waals surface area (Å²) in [4.78, 5) is 24.5. The quantitative estimate of drug-likeness (QED) is 0.319. The van der Waals surface area contributed by atoms with E-state index in [4.69, 9.17) is 21.4 Å². The molecule has 5 rings (SSSR count). The van der Waals surface area contributed by atoms with Gasteiger partial charge in [-0.15, -0.1) is 0 Å². The Morgan fingerprint density at radius 1 is 1.06 bits per heavy atom. The minimum Gasteiger partial charge on any atom is -0.407 e. The van der Waals surface area contributed by atoms with Gasteiger partial charge in [0.15, 0.2) is 0 Å². The first-order valence-electron chi connectivity index (χ1n) is 11.1. The highest BCUT2D eigenvalue weighted by Crippen LogP contribution is 2.48. The summed E-state index contributed by atoms with van der Waals surface area (Å²) in [6.07, 6.45) is 1.97. The predicted octanol–water partition coefficient (Wildman–Crippen LogP) is 6.39. The van der Waals surface area contributed by atoms with Crippen LogP contribution in [0.1, 0.15) is 41.7 Å². The van der Waals surface area contributed by atoms with Crippen LogP contribution in [-0.4, -0.2) is 21.7 Å². The highest BCUT2D eigenvalue weighted by atomic mass is 35.5. The van der Waals surface area contributed by atoms with Crippen LogP contribution in [0.25, 0.3) is 16.8 Å². The molecule has 176 valence electrons. The van der Waals surface area contributed by atoms with Gasteiger partial charge in [-0.3, -0.25) is 9.59 Å². The number of amides is 1. The summed E-state index contributed by atoms with van der Waals surface area (Å²) in [6, 6.07) is 19.8. The molecule has 1 fully saturated rings. The third kappa shape index (κ3) is 4.95. The van der Waals surface area contributed by atoms with Crippen molar-refractivity contribution in [2.24, 2.45) is 0 Å². The zero-order valence-corrected chi connectivity index (χ0v) is 19.6. The van der Waals surface area contributed by atoms with Crippen molar-refractivity contribution in [3.63, 3.8) is 0 Å². The SMILES string of the molecule is CC(=O)Oc1c(-c2ccc(NC(=O)c3cccc(Cl)c3)cc2)c(C2CC2)nn1-c1ccc(F)cc1. The molecular formula is C27H21ClFN3O3. The largest absolute Gasteiger partial charge is 0.407 e. The number of hydrogen-bond donors (Lipinski definition) is 1. The Morgan fingerprint density at radius 3 is 2.40 bits per heavy atom. The van der Waals surface area contributed by atoms with Crippen LogP contribution < -0.4 is 10.1 Å². The van der Waals surface area contributed by atoms with E-state index < -0.39 is 5.97 Å². The lowest BCUT2D eigenvalue weighted by Crippen LogP contribution is -2.11. The van der Waals surface area contributed by atoms with Crippen molar-refractivity contribution in [3.8, 4) is 22.7 Å². The Labute approximate surface area is 206 Å². The molecule has 1 N–H and O–H groups in total. The van der Waals surface area contributed by atoms with Gasteiger partial charge in [0, 0.05) is 29.1 Å². The van der Waals surface area contributed by atoms with Gasteiger partial charge in [0.25, 0.3) is 5.91 Å². The highest BCUT2D eigenvalue weighted by molar-refractivity contribution is 6.31. The first kappa shape index (κ1) is 22.8. The van der Waals surface area contributed by atoms with Crippen LogP contribution in [0.3, 0.4) is 0 Å². The number of carbonyl (C=O) groups excluding carboxylic acids is 2. The average Bonchev–Trinajstić information content (AvgIpc) is 3.62. The summed E-state index contributed by atoms with van der Waals surface area (Å²) in [5.74, 6) is -0.594. The summed E-state index contributed by atoms with van der Waals surface area (Å²) in [7, 11) is 0. The minimum absolute atomic E-state index is 0.253. The molecular weight excluding hydrogens is 469 g/mol. The normalized spacial score (nSPS) is 12.9. The molecule has 0 atom stereocenters. The fourth-order valence-electron chi connectivity index (χ4n) is 3.87. The summed E-state index contributed by atoms with van der Waals surface area (Å²) < 4.78 is 20.7. The third-order valence-electron chi connectivity index (χ3n) is 5.66. The maximum atomic E-state index is 13.5. The minimum atomic E-state index is -0.484. The van der Waals surface area contributed by atoms with Gasteiger partial charge >= 0.3 is 5.97 Å². The fraction of sp³-hybridized carbons (Fsp3) is 0.148. The maximum absolute atomic E-state index is 13.5. The Bertz CT molecular complexity index is 1410. The van der Waals surface area contributed by atoms with E-state index in [-0.39, 0.29) is 23.5 Å². The van der Waals surface area contributed by atoms with E-state index in [0.717, 1.165) is 24.1 Å². The molecule has 1 aliphatic carbocycles. The summed E-state index contributed by atoms with van der Waals surface area (Å²) in [5.41, 5.74) is 3.96. The lowest BCUT2D eigenvalue weighted by Gasteiger charge is -2.10. The zero-order valence-electron chi connectivity index (χ0n) is 18.8. The second kappa shape index (κ2) is 9.35. The summed E-state index contributed by atoms with van der Waals surface area (Å²) >= 11 is 5.99. The molecule has 6 nitrogen and oxygen atoms in total. The van der Waals surface area contributed by atoms with Crippen molar-refractivity contribution >= 4 is 29.2 Å². The van der Waals surface area contributed by atoms with Gasteiger partial charge < -0.3 is 10.1 Å². The molecule has 0 spiro atoms. The molecule has 1 saturated carbocycles. The van der Waals surface area contributed by atoms with E-state index in [1.807, 2.05) is 12.1 Å². The molecule has 1 heterocycles. The molecule has 1 aliphatic rings. The zero-order chi connectivity index (χ0) is 24.5. The second-order valence-corrected chi connectivity index (χ2v) is 8.80. The number of benzene rings is 3. The third-order valence-corrected chi connectivity index (χ3v) is 5.90. The smallest absolute Gasteiger partial charge is 0.309 e. The standard InChI is InChI=1S/C27H21ClFN3O3/c1-16(33)35-27-24(25(18-5-6-18)31-32(27)23-13-9-21(29)10-14-23)17-7-11-22(12-8-17)30-26(34)19-3-2-4-20(28)15-19/h2-4,7-15,18H,5-6H2,1H3,(H,30,34). The molecule has 0 bridgehead atoms. The molecule has 1 amide bonds. The number of aromatic nitrogens is 2. The van der Waals surface area contributed by atoms with Crippen LogP contribution in [0, 0.1) is 5.82 Å². The van der Waals surface area contributed by atoms with Crippen molar-refractivity contribution in [2.75, 3.05) is 5.32 Å². The van der Waals surface area contributed by atoms with E-state index >= 15 is 0 Å². The Hall–Kier alpha value is -3.97. The molecule has 4 aromatic rings. The first-order chi connectivity index (χ1) is 16.9. The number of esters is 1. The van der Waals surface area contributed by atoms with Crippen LogP contribution in [0.2, 0.25) is 5.02 Å². The van der Waals surface area contributed by atoms with Gasteiger partial charge in [0.05, 0.1) is 16.9 Å². The van der Waals surface area contributed by atoms with Crippen molar-refractivity contribution in [3.05, 3.63) is 94.9 Å². The van der Waals surface area contributed by atoms with Gasteiger partial charge in [-0.1, -0.05) is 29.8 Å². The number of carbonyl (C=O) groups is 2. The topological polar surface area (TPSA) is 73.2 Å². The van der Waals surface area contributed by atoms with Crippen LogP contribution in [0.15, 0.2) is 72.8 Å². The predicted molar refractivity (Wildman–Crippen MR) is 132 cm³/mol. The van der Waals surface area contributed by atoms with Crippen molar-refractivity contribution in [1.82, 2.24) is 9.78 Å². The van der Waals surface area contributed by atoms with E-state index in [0.29, 0.717) is 27.5 Å². The van der Waals surface area contributed by atoms with Gasteiger partial charge in [-0.2, -0.15) is 9.78 Å². The van der Waals surface area contributed by atoms with E-state index in [1.165, 1.54) is 19.1 Å². The van der Waals surface area contributed by atoms with Crippen LogP contribution >= 0.6 is 11.6 Å². The number of hydrogen-bond acceptors (Lipinski definition) is 4. The van der Waals surface area contributed by atoms with E-state index in [9.17, 15) is 14.0 Å². The van der Waals surface area contributed by atoms with Crippen molar-refractivity contribution in [2.45, 2.75) is 25.7 Å². The van der Waals surface area contributed by atoms with Crippen molar-refractivity contribution < 1.29 is 18.7 Å². The molecule has 1 aromatic heterocycles. The number of rotatable bonds is 6. The Morgan fingerprint density at radius 2 is 1.77 bits per heavy atom. The van der Waals surface area contributed by atoms with Crippen LogP contribution in [0.5, 0.6) is 5.88 Å². The van der Waals surface area contributed by atoms with Crippen LogP contribution in [0.4, 0.5) is 10.1 Å². The second-order valence-electron chi connectivity index (χ2n) is 8.36. The molecule has 0 aliphatic heterocycles. The Balaban J connectivity index is 1.51. The van der Waals surface area contributed by atoms with E-state index in [1.54, 1.807) is 53.2 Å². The molecule has 0 radical (unpaired) electrons. The monoisotopic (exact) mass is 489 g/mol. The van der Waals surface area contributed by atoms with E-state index in [2.05, 4.69) is 5.32 Å². The molecule has 35 heavy (non-hydrogen) atoms. The van der Waals surface area contributed by atoms with Gasteiger partial charge in [-0.05, 0) is 73.0 Å². The highest BCUT2D eigenvalue weighted by Gasteiger charge is 2.34.